The average Bonchev–Trinajstić information content (AvgIpc) is 3.08. The second-order valence-electron chi connectivity index (χ2n) is 7.17. The Kier molecular flexibility index (Phi) is 5.83. The Balaban J connectivity index is 2.02. The van der Waals surface area contributed by atoms with Crippen LogP contribution in [0.5, 0.6) is 5.75 Å². The van der Waals surface area contributed by atoms with E-state index in [0.29, 0.717) is 23.8 Å². The molecule has 2 aromatic carbocycles. The lowest BCUT2D eigenvalue weighted by molar-refractivity contribution is -0.116. The van der Waals surface area contributed by atoms with Gasteiger partial charge in [0.15, 0.2) is 0 Å². The minimum atomic E-state index is -0.287. The van der Waals surface area contributed by atoms with Crippen molar-refractivity contribution in [3.63, 3.8) is 0 Å². The Bertz CT molecular complexity index is 1020. The number of ether oxygens (including phenoxy) is 1. The van der Waals surface area contributed by atoms with E-state index in [9.17, 15) is 9.18 Å². The Labute approximate surface area is 164 Å². The number of rotatable bonds is 6. The number of furan rings is 1. The summed E-state index contributed by atoms with van der Waals surface area (Å²) in [5.41, 5.74) is 3.96. The zero-order valence-electron chi connectivity index (χ0n) is 16.5. The third-order valence-electron chi connectivity index (χ3n) is 4.51. The zero-order valence-corrected chi connectivity index (χ0v) is 16.5. The van der Waals surface area contributed by atoms with E-state index in [1.54, 1.807) is 37.6 Å². The molecule has 0 unspecified atom stereocenters. The maximum Gasteiger partial charge on any atom is 0.244 e. The van der Waals surface area contributed by atoms with Crippen LogP contribution in [0.15, 0.2) is 53.2 Å². The van der Waals surface area contributed by atoms with Crippen molar-refractivity contribution in [2.75, 3.05) is 13.7 Å². The van der Waals surface area contributed by atoms with Crippen LogP contribution in [0.2, 0.25) is 0 Å². The molecular weight excluding hydrogens is 357 g/mol. The van der Waals surface area contributed by atoms with Crippen LogP contribution in [0.1, 0.15) is 26.3 Å². The average molecular weight is 381 g/mol. The Hall–Kier alpha value is -3.08. The largest absolute Gasteiger partial charge is 0.496 e. The molecule has 1 amide bonds. The normalized spacial score (nSPS) is 11.9. The number of carbonyl (C=O) groups excluding carboxylic acids is 1. The standard InChI is InChI=1S/C23H24FNO3/c1-14(2)12-25-23(26)9-15(3)18-10-19-20(16-5-7-17(24)8-6-16)13-28-22(19)11-21(18)27-4/h5-11,13-14H,12H2,1-4H3,(H,25,26)/b15-9+. The summed E-state index contributed by atoms with van der Waals surface area (Å²) < 4.78 is 24.4. The van der Waals surface area contributed by atoms with Crippen LogP contribution in [0, 0.1) is 11.7 Å². The fourth-order valence-electron chi connectivity index (χ4n) is 3.02. The van der Waals surface area contributed by atoms with Gasteiger partial charge in [-0.2, -0.15) is 0 Å². The van der Waals surface area contributed by atoms with Gasteiger partial charge in [-0.25, -0.2) is 4.39 Å². The molecule has 28 heavy (non-hydrogen) atoms. The third-order valence-corrected chi connectivity index (χ3v) is 4.51. The van der Waals surface area contributed by atoms with E-state index in [2.05, 4.69) is 5.32 Å². The molecule has 0 spiro atoms. The van der Waals surface area contributed by atoms with Gasteiger partial charge in [-0.1, -0.05) is 26.0 Å². The highest BCUT2D eigenvalue weighted by Crippen LogP contribution is 2.37. The Morgan fingerprint density at radius 2 is 1.96 bits per heavy atom. The maximum absolute atomic E-state index is 13.3. The predicted octanol–water partition coefficient (Wildman–Crippen LogP) is 5.42. The fraction of sp³-hybridized carbons (Fsp3) is 0.261. The van der Waals surface area contributed by atoms with Gasteiger partial charge >= 0.3 is 0 Å². The van der Waals surface area contributed by atoms with Crippen LogP contribution in [0.3, 0.4) is 0 Å². The molecule has 0 saturated carbocycles. The van der Waals surface area contributed by atoms with Crippen molar-refractivity contribution in [1.29, 1.82) is 0 Å². The van der Waals surface area contributed by atoms with Crippen molar-refractivity contribution in [3.8, 4) is 16.9 Å². The first kappa shape index (κ1) is 19.7. The summed E-state index contributed by atoms with van der Waals surface area (Å²) >= 11 is 0. The first-order valence-corrected chi connectivity index (χ1v) is 9.20. The van der Waals surface area contributed by atoms with Crippen molar-refractivity contribution >= 4 is 22.4 Å². The molecule has 1 heterocycles. The molecule has 0 aliphatic heterocycles. The van der Waals surface area contributed by atoms with Crippen molar-refractivity contribution in [1.82, 2.24) is 5.32 Å². The highest BCUT2D eigenvalue weighted by atomic mass is 19.1. The van der Waals surface area contributed by atoms with Crippen LogP contribution in [0.4, 0.5) is 4.39 Å². The van der Waals surface area contributed by atoms with Crippen molar-refractivity contribution in [3.05, 3.63) is 60.1 Å². The lowest BCUT2D eigenvalue weighted by Crippen LogP contribution is -2.25. The number of hydrogen-bond donors (Lipinski definition) is 1. The molecule has 4 nitrogen and oxygen atoms in total. The summed E-state index contributed by atoms with van der Waals surface area (Å²) in [6.07, 6.45) is 3.22. The molecule has 1 aromatic heterocycles. The second kappa shape index (κ2) is 8.30. The van der Waals surface area contributed by atoms with E-state index >= 15 is 0 Å². The molecule has 0 aliphatic carbocycles. The fourth-order valence-corrected chi connectivity index (χ4v) is 3.02. The van der Waals surface area contributed by atoms with Gasteiger partial charge in [-0.3, -0.25) is 4.79 Å². The van der Waals surface area contributed by atoms with Crippen LogP contribution >= 0.6 is 0 Å². The molecule has 0 atom stereocenters. The van der Waals surface area contributed by atoms with Gasteiger partial charge in [-0.15, -0.1) is 0 Å². The molecule has 3 aromatic rings. The number of benzene rings is 2. The number of nitrogens with one attached hydrogen (secondary N) is 1. The van der Waals surface area contributed by atoms with Crippen molar-refractivity contribution in [2.24, 2.45) is 5.92 Å². The minimum absolute atomic E-state index is 0.140. The number of carbonyl (C=O) groups is 1. The van der Waals surface area contributed by atoms with Gasteiger partial charge < -0.3 is 14.5 Å². The van der Waals surface area contributed by atoms with Crippen molar-refractivity contribution < 1.29 is 18.3 Å². The van der Waals surface area contributed by atoms with Gasteiger partial charge in [0, 0.05) is 35.2 Å². The van der Waals surface area contributed by atoms with Crippen LogP contribution in [0.25, 0.3) is 27.7 Å². The van der Waals surface area contributed by atoms with E-state index in [1.165, 1.54) is 12.1 Å². The van der Waals surface area contributed by atoms with E-state index < -0.39 is 0 Å². The summed E-state index contributed by atoms with van der Waals surface area (Å²) in [7, 11) is 1.58. The number of hydrogen-bond acceptors (Lipinski definition) is 3. The topological polar surface area (TPSA) is 51.5 Å². The summed E-state index contributed by atoms with van der Waals surface area (Å²) in [4.78, 5) is 12.2. The number of allylic oxidation sites excluding steroid dienone is 1. The summed E-state index contributed by atoms with van der Waals surface area (Å²) in [5, 5.41) is 3.76. The molecule has 0 fully saturated rings. The monoisotopic (exact) mass is 381 g/mol. The second-order valence-corrected chi connectivity index (χ2v) is 7.17. The Morgan fingerprint density at radius 1 is 1.25 bits per heavy atom. The number of methoxy groups -OCH3 is 1. The van der Waals surface area contributed by atoms with E-state index in [0.717, 1.165) is 27.6 Å². The molecular formula is C23H24FNO3. The van der Waals surface area contributed by atoms with Crippen LogP contribution in [-0.2, 0) is 4.79 Å². The summed E-state index contributed by atoms with van der Waals surface area (Å²) in [5.74, 6) is 0.579. The molecule has 0 radical (unpaired) electrons. The summed E-state index contributed by atoms with van der Waals surface area (Å²) in [6.45, 7) is 6.58. The van der Waals surface area contributed by atoms with Gasteiger partial charge in [0.2, 0.25) is 5.91 Å². The summed E-state index contributed by atoms with van der Waals surface area (Å²) in [6, 6.07) is 10.0. The van der Waals surface area contributed by atoms with Gasteiger partial charge in [-0.05, 0) is 42.2 Å². The van der Waals surface area contributed by atoms with Gasteiger partial charge in [0.25, 0.3) is 0 Å². The molecule has 0 aliphatic rings. The lowest BCUT2D eigenvalue weighted by atomic mass is 9.99. The quantitative estimate of drug-likeness (QED) is 0.580. The zero-order chi connectivity index (χ0) is 20.3. The number of amides is 1. The molecule has 0 saturated heterocycles. The smallest absolute Gasteiger partial charge is 0.244 e. The van der Waals surface area contributed by atoms with Crippen molar-refractivity contribution in [2.45, 2.75) is 20.8 Å². The van der Waals surface area contributed by atoms with E-state index in [-0.39, 0.29) is 11.7 Å². The highest BCUT2D eigenvalue weighted by molar-refractivity contribution is 6.00. The first-order valence-electron chi connectivity index (χ1n) is 9.20. The molecule has 0 bridgehead atoms. The molecule has 1 N–H and O–H groups in total. The minimum Gasteiger partial charge on any atom is -0.496 e. The molecule has 3 rings (SSSR count). The number of fused-ring (bicyclic) bond motifs is 1. The molecule has 5 heteroatoms. The first-order chi connectivity index (χ1) is 13.4. The number of halogens is 1. The highest BCUT2D eigenvalue weighted by Gasteiger charge is 2.15. The molecule has 146 valence electrons. The third kappa shape index (κ3) is 4.25. The Morgan fingerprint density at radius 3 is 2.61 bits per heavy atom. The lowest BCUT2D eigenvalue weighted by Gasteiger charge is -2.11. The van der Waals surface area contributed by atoms with Gasteiger partial charge in [0.05, 0.1) is 13.4 Å². The maximum atomic E-state index is 13.3. The SMILES string of the molecule is COc1cc2occ(-c3ccc(F)cc3)c2cc1/C(C)=C/C(=O)NCC(C)C. The van der Waals surface area contributed by atoms with Crippen LogP contribution in [-0.4, -0.2) is 19.6 Å². The van der Waals surface area contributed by atoms with E-state index in [4.69, 9.17) is 9.15 Å². The predicted molar refractivity (Wildman–Crippen MR) is 110 cm³/mol. The van der Waals surface area contributed by atoms with E-state index in [1.807, 2.05) is 26.8 Å². The van der Waals surface area contributed by atoms with Gasteiger partial charge in [0.1, 0.15) is 17.1 Å². The van der Waals surface area contributed by atoms with Crippen LogP contribution < -0.4 is 10.1 Å².